The molecule has 2 atom stereocenters. The number of carbonyl (C=O) groups is 1. The fourth-order valence-electron chi connectivity index (χ4n) is 4.69. The summed E-state index contributed by atoms with van der Waals surface area (Å²) >= 11 is 0. The Bertz CT molecular complexity index is 1080. The van der Waals surface area contributed by atoms with Crippen LogP contribution in [0.15, 0.2) is 72.8 Å². The van der Waals surface area contributed by atoms with E-state index in [2.05, 4.69) is 4.90 Å². The van der Waals surface area contributed by atoms with Crippen molar-refractivity contribution in [2.45, 2.75) is 38.0 Å². The quantitative estimate of drug-likeness (QED) is 0.466. The number of piperidine rings is 1. The van der Waals surface area contributed by atoms with Gasteiger partial charge < -0.3 is 19.3 Å². The van der Waals surface area contributed by atoms with Crippen LogP contribution in [0.5, 0.6) is 17.2 Å². The van der Waals surface area contributed by atoms with Gasteiger partial charge in [-0.15, -0.1) is 0 Å². The second-order valence-corrected chi connectivity index (χ2v) is 8.42. The summed E-state index contributed by atoms with van der Waals surface area (Å²) in [6.45, 7) is 1.18. The van der Waals surface area contributed by atoms with Crippen LogP contribution in [-0.2, 0) is 11.4 Å². The van der Waals surface area contributed by atoms with Crippen molar-refractivity contribution in [2.24, 2.45) is 0 Å². The average Bonchev–Trinajstić information content (AvgIpc) is 2.89. The van der Waals surface area contributed by atoms with E-state index in [0.29, 0.717) is 31.1 Å². The second kappa shape index (κ2) is 11.1. The van der Waals surface area contributed by atoms with Gasteiger partial charge in [0.15, 0.2) is 11.5 Å². The van der Waals surface area contributed by atoms with Gasteiger partial charge in [-0.3, -0.25) is 9.69 Å². The Morgan fingerprint density at radius 1 is 0.971 bits per heavy atom. The van der Waals surface area contributed by atoms with Crippen molar-refractivity contribution in [3.63, 3.8) is 0 Å². The minimum absolute atomic E-state index is 0.297. The summed E-state index contributed by atoms with van der Waals surface area (Å²) in [4.78, 5) is 14.2. The molecule has 0 aliphatic carbocycles. The van der Waals surface area contributed by atoms with E-state index in [9.17, 15) is 9.90 Å². The van der Waals surface area contributed by atoms with E-state index in [1.165, 1.54) is 0 Å². The van der Waals surface area contributed by atoms with Crippen LogP contribution in [0.2, 0.25) is 0 Å². The van der Waals surface area contributed by atoms with Crippen molar-refractivity contribution in [3.8, 4) is 17.2 Å². The molecule has 3 aromatic carbocycles. The fraction of sp³-hybridized carbons (Fsp3) is 0.321. The highest BCUT2D eigenvalue weighted by Crippen LogP contribution is 2.42. The van der Waals surface area contributed by atoms with Crippen LogP contribution in [0.25, 0.3) is 0 Å². The number of hydrogen-bond donors (Lipinski definition) is 1. The first-order chi connectivity index (χ1) is 16.6. The first-order valence-corrected chi connectivity index (χ1v) is 11.6. The Labute approximate surface area is 200 Å². The molecule has 0 amide bonds. The first kappa shape index (κ1) is 23.6. The molecule has 2 unspecified atom stereocenters. The van der Waals surface area contributed by atoms with Crippen molar-refractivity contribution < 1.29 is 24.1 Å². The number of carboxylic acid groups (broad SMARTS) is 1. The lowest BCUT2D eigenvalue weighted by Crippen LogP contribution is -2.46. The van der Waals surface area contributed by atoms with Crippen LogP contribution in [0, 0.1) is 0 Å². The second-order valence-electron chi connectivity index (χ2n) is 8.42. The van der Waals surface area contributed by atoms with Crippen LogP contribution in [0.1, 0.15) is 42.0 Å². The first-order valence-electron chi connectivity index (χ1n) is 11.6. The van der Waals surface area contributed by atoms with Crippen LogP contribution in [0.3, 0.4) is 0 Å². The Balaban J connectivity index is 1.69. The molecule has 0 radical (unpaired) electrons. The highest BCUT2D eigenvalue weighted by atomic mass is 16.5. The number of methoxy groups -OCH3 is 2. The largest absolute Gasteiger partial charge is 0.493 e. The van der Waals surface area contributed by atoms with Gasteiger partial charge in [0.2, 0.25) is 0 Å². The molecule has 1 fully saturated rings. The molecule has 4 rings (SSSR count). The zero-order chi connectivity index (χ0) is 23.9. The Morgan fingerprint density at radius 2 is 1.74 bits per heavy atom. The predicted octanol–water partition coefficient (Wildman–Crippen LogP) is 5.31. The van der Waals surface area contributed by atoms with Crippen molar-refractivity contribution in [3.05, 3.63) is 89.5 Å². The molecule has 178 valence electrons. The SMILES string of the molecule is COc1cccc(C(c2ccc(OCc3ccccc3)cc2)N2CCCCC2C(=O)O)c1OC. The zero-order valence-corrected chi connectivity index (χ0v) is 19.6. The number of hydrogen-bond acceptors (Lipinski definition) is 5. The summed E-state index contributed by atoms with van der Waals surface area (Å²) in [7, 11) is 3.22. The van der Waals surface area contributed by atoms with Crippen LogP contribution < -0.4 is 14.2 Å². The van der Waals surface area contributed by atoms with E-state index < -0.39 is 12.0 Å². The smallest absolute Gasteiger partial charge is 0.320 e. The van der Waals surface area contributed by atoms with E-state index in [0.717, 1.165) is 35.3 Å². The van der Waals surface area contributed by atoms with E-state index >= 15 is 0 Å². The molecule has 1 aliphatic heterocycles. The van der Waals surface area contributed by atoms with Gasteiger partial charge >= 0.3 is 5.97 Å². The number of para-hydroxylation sites is 1. The molecule has 6 heteroatoms. The van der Waals surface area contributed by atoms with Gasteiger partial charge in [-0.2, -0.15) is 0 Å². The highest BCUT2D eigenvalue weighted by molar-refractivity contribution is 5.74. The summed E-state index contributed by atoms with van der Waals surface area (Å²) < 4.78 is 17.2. The molecule has 0 aromatic heterocycles. The third-order valence-corrected chi connectivity index (χ3v) is 6.33. The standard InChI is InChI=1S/C28H31NO5/c1-32-25-13-8-11-23(27(25)33-2)26(29-18-7-6-12-24(29)28(30)31)21-14-16-22(17-15-21)34-19-20-9-4-3-5-10-20/h3-5,8-11,13-17,24,26H,6-7,12,18-19H2,1-2H3,(H,30,31). The molecule has 1 aliphatic rings. The number of rotatable bonds is 9. The lowest BCUT2D eigenvalue weighted by atomic mass is 9.91. The molecule has 1 saturated heterocycles. The topological polar surface area (TPSA) is 68.2 Å². The summed E-state index contributed by atoms with van der Waals surface area (Å²) in [6, 6.07) is 22.8. The van der Waals surface area contributed by atoms with E-state index in [-0.39, 0.29) is 6.04 Å². The van der Waals surface area contributed by atoms with Gasteiger partial charge in [0.05, 0.1) is 20.3 Å². The van der Waals surface area contributed by atoms with Crippen LogP contribution in [0.4, 0.5) is 0 Å². The van der Waals surface area contributed by atoms with E-state index in [4.69, 9.17) is 14.2 Å². The molecule has 34 heavy (non-hydrogen) atoms. The molecular weight excluding hydrogens is 430 g/mol. The minimum atomic E-state index is -0.797. The lowest BCUT2D eigenvalue weighted by molar-refractivity contribution is -0.145. The van der Waals surface area contributed by atoms with Gasteiger partial charge in [-0.05, 0) is 48.7 Å². The van der Waals surface area contributed by atoms with Crippen molar-refractivity contribution in [1.29, 1.82) is 0 Å². The van der Waals surface area contributed by atoms with Crippen LogP contribution in [-0.4, -0.2) is 42.8 Å². The number of benzene rings is 3. The average molecular weight is 462 g/mol. The third kappa shape index (κ3) is 5.18. The fourth-order valence-corrected chi connectivity index (χ4v) is 4.69. The van der Waals surface area contributed by atoms with Gasteiger partial charge in [-0.25, -0.2) is 0 Å². The molecule has 0 saturated carbocycles. The van der Waals surface area contributed by atoms with Gasteiger partial charge in [0, 0.05) is 5.56 Å². The molecular formula is C28H31NO5. The predicted molar refractivity (Wildman–Crippen MR) is 131 cm³/mol. The Kier molecular flexibility index (Phi) is 7.70. The van der Waals surface area contributed by atoms with Gasteiger partial charge in [0.1, 0.15) is 18.4 Å². The lowest BCUT2D eigenvalue weighted by Gasteiger charge is -2.40. The normalized spacial score (nSPS) is 17.1. The maximum absolute atomic E-state index is 12.2. The summed E-state index contributed by atoms with van der Waals surface area (Å²) in [5.41, 5.74) is 2.96. The van der Waals surface area contributed by atoms with E-state index in [1.54, 1.807) is 14.2 Å². The van der Waals surface area contributed by atoms with Crippen LogP contribution >= 0.6 is 0 Å². The van der Waals surface area contributed by atoms with Crippen molar-refractivity contribution >= 4 is 5.97 Å². The maximum Gasteiger partial charge on any atom is 0.320 e. The Morgan fingerprint density at radius 3 is 2.41 bits per heavy atom. The molecule has 6 nitrogen and oxygen atoms in total. The molecule has 3 aromatic rings. The number of likely N-dealkylation sites (tertiary alicyclic amines) is 1. The summed E-state index contributed by atoms with van der Waals surface area (Å²) in [5, 5.41) is 9.98. The molecule has 1 heterocycles. The summed E-state index contributed by atoms with van der Waals surface area (Å²) in [5.74, 6) is 1.21. The number of ether oxygens (including phenoxy) is 3. The molecule has 1 N–H and O–H groups in total. The minimum Gasteiger partial charge on any atom is -0.493 e. The van der Waals surface area contributed by atoms with Gasteiger partial charge in [0.25, 0.3) is 0 Å². The number of carboxylic acids is 1. The molecule has 0 bridgehead atoms. The van der Waals surface area contributed by atoms with Crippen molar-refractivity contribution in [2.75, 3.05) is 20.8 Å². The molecule has 0 spiro atoms. The summed E-state index contributed by atoms with van der Waals surface area (Å²) in [6.07, 6.45) is 2.48. The van der Waals surface area contributed by atoms with Crippen molar-refractivity contribution in [1.82, 2.24) is 4.90 Å². The van der Waals surface area contributed by atoms with E-state index in [1.807, 2.05) is 72.8 Å². The number of nitrogens with zero attached hydrogens (tertiary/aromatic N) is 1. The van der Waals surface area contributed by atoms with Gasteiger partial charge in [-0.1, -0.05) is 61.0 Å². The highest BCUT2D eigenvalue weighted by Gasteiger charge is 2.36. The maximum atomic E-state index is 12.2. The Hall–Kier alpha value is -3.51. The number of aliphatic carboxylic acids is 1. The zero-order valence-electron chi connectivity index (χ0n) is 19.6. The monoisotopic (exact) mass is 461 g/mol. The third-order valence-electron chi connectivity index (χ3n) is 6.33.